The van der Waals surface area contributed by atoms with Crippen LogP contribution in [0.5, 0.6) is 0 Å². The zero-order valence-electron chi connectivity index (χ0n) is 11.7. The van der Waals surface area contributed by atoms with Crippen LogP contribution in [0.1, 0.15) is 32.6 Å². The molecule has 0 aromatic rings. The summed E-state index contributed by atoms with van der Waals surface area (Å²) < 4.78 is 12.5. The minimum Gasteiger partial charge on any atom is -0.378 e. The van der Waals surface area contributed by atoms with Crippen molar-refractivity contribution in [2.75, 3.05) is 19.7 Å². The van der Waals surface area contributed by atoms with Gasteiger partial charge in [-0.1, -0.05) is 6.92 Å². The highest BCUT2D eigenvalue weighted by Gasteiger charge is 2.84. The first kappa shape index (κ1) is 10.6. The Labute approximate surface area is 114 Å². The standard InChI is InChI=1S/C16H23NO2/c1-9-6-15-11-3-2-4-17(15)7-13-14(19-13)16(9,15)10-5-12(11)18-8-10/h9-14H,2-8H2,1H3/t9-,10-,11-,12-,13-,14-,15+,16+/m1/s1. The molecular formula is C16H23NO2. The molecule has 1 spiro atoms. The molecule has 19 heavy (non-hydrogen) atoms. The number of nitrogens with zero attached hydrogens (tertiary/aromatic N) is 1. The molecule has 0 aromatic carbocycles. The van der Waals surface area contributed by atoms with Gasteiger partial charge in [0, 0.05) is 23.4 Å². The normalized spacial score (nSPS) is 68.7. The van der Waals surface area contributed by atoms with Gasteiger partial charge < -0.3 is 9.47 Å². The summed E-state index contributed by atoms with van der Waals surface area (Å²) in [5.74, 6) is 2.44. The Kier molecular flexibility index (Phi) is 1.62. The summed E-state index contributed by atoms with van der Waals surface area (Å²) in [5, 5.41) is 0. The average molecular weight is 261 g/mol. The molecule has 4 heterocycles. The minimum atomic E-state index is 0.466. The molecule has 0 unspecified atom stereocenters. The van der Waals surface area contributed by atoms with E-state index in [1.165, 1.54) is 38.8 Å². The summed E-state index contributed by atoms with van der Waals surface area (Å²) >= 11 is 0. The zero-order chi connectivity index (χ0) is 12.4. The van der Waals surface area contributed by atoms with Crippen LogP contribution in [0.15, 0.2) is 0 Å². The molecule has 2 aliphatic carbocycles. The molecule has 6 aliphatic rings. The first-order valence-electron chi connectivity index (χ1n) is 8.30. The van der Waals surface area contributed by atoms with Gasteiger partial charge in [-0.2, -0.15) is 0 Å². The highest BCUT2D eigenvalue weighted by molar-refractivity contribution is 5.34. The molecule has 4 aliphatic heterocycles. The lowest BCUT2D eigenvalue weighted by molar-refractivity contribution is -0.270. The van der Waals surface area contributed by atoms with Gasteiger partial charge in [0.25, 0.3) is 0 Å². The topological polar surface area (TPSA) is 25.0 Å². The molecule has 0 radical (unpaired) electrons. The van der Waals surface area contributed by atoms with E-state index >= 15 is 0 Å². The fourth-order valence-corrected chi connectivity index (χ4v) is 7.61. The van der Waals surface area contributed by atoms with Gasteiger partial charge in [-0.15, -0.1) is 0 Å². The summed E-state index contributed by atoms with van der Waals surface area (Å²) in [6.45, 7) is 6.05. The SMILES string of the molecule is C[C@@H]1C[C@@]23[C@@H]4CCCN2C[C@H]2O[C@H]2[C@@]13[C@H]1CO[C@@H]4C1. The van der Waals surface area contributed by atoms with Gasteiger partial charge in [0.05, 0.1) is 24.9 Å². The summed E-state index contributed by atoms with van der Waals surface area (Å²) in [5.41, 5.74) is 0.945. The van der Waals surface area contributed by atoms with Crippen LogP contribution in [0, 0.1) is 23.2 Å². The van der Waals surface area contributed by atoms with Crippen molar-refractivity contribution in [2.45, 2.75) is 56.5 Å². The third kappa shape index (κ3) is 0.849. The predicted octanol–water partition coefficient (Wildman–Crippen LogP) is 1.66. The fraction of sp³-hybridized carbons (Fsp3) is 1.00. The van der Waals surface area contributed by atoms with Crippen LogP contribution in [0.2, 0.25) is 0 Å². The number of fused-ring (bicyclic) bond motifs is 4. The number of ether oxygens (including phenoxy) is 2. The van der Waals surface area contributed by atoms with Crippen LogP contribution in [0.4, 0.5) is 0 Å². The largest absolute Gasteiger partial charge is 0.378 e. The molecule has 6 rings (SSSR count). The highest BCUT2D eigenvalue weighted by Crippen LogP contribution is 2.77. The van der Waals surface area contributed by atoms with E-state index in [4.69, 9.17) is 9.47 Å². The Morgan fingerprint density at radius 2 is 2.21 bits per heavy atom. The maximum atomic E-state index is 6.26. The second-order valence-corrected chi connectivity index (χ2v) is 8.06. The number of hydrogen-bond acceptors (Lipinski definition) is 3. The summed E-state index contributed by atoms with van der Waals surface area (Å²) in [6, 6.07) is 0. The molecular weight excluding hydrogens is 238 g/mol. The van der Waals surface area contributed by atoms with E-state index in [1.807, 2.05) is 0 Å². The van der Waals surface area contributed by atoms with Crippen molar-refractivity contribution in [1.82, 2.24) is 4.90 Å². The van der Waals surface area contributed by atoms with Crippen molar-refractivity contribution in [3.05, 3.63) is 0 Å². The molecule has 0 aromatic heterocycles. The van der Waals surface area contributed by atoms with Crippen LogP contribution in [0.3, 0.4) is 0 Å². The van der Waals surface area contributed by atoms with E-state index in [0.717, 1.165) is 24.4 Å². The third-order valence-electron chi connectivity index (χ3n) is 7.91. The van der Waals surface area contributed by atoms with E-state index in [1.54, 1.807) is 0 Å². The molecule has 8 atom stereocenters. The fourth-order valence-electron chi connectivity index (χ4n) is 7.61. The Hall–Kier alpha value is -0.120. The van der Waals surface area contributed by atoms with Gasteiger partial charge in [0.1, 0.15) is 0 Å². The summed E-state index contributed by atoms with van der Waals surface area (Å²) in [7, 11) is 0. The van der Waals surface area contributed by atoms with E-state index < -0.39 is 0 Å². The molecule has 6 fully saturated rings. The second-order valence-electron chi connectivity index (χ2n) is 8.06. The third-order valence-corrected chi connectivity index (χ3v) is 7.91. The second kappa shape index (κ2) is 2.90. The number of hydrogen-bond donors (Lipinski definition) is 0. The van der Waals surface area contributed by atoms with Gasteiger partial charge in [0.2, 0.25) is 0 Å². The molecule has 2 saturated carbocycles. The Morgan fingerprint density at radius 3 is 3.11 bits per heavy atom. The lowest BCUT2D eigenvalue weighted by Crippen LogP contribution is -2.84. The van der Waals surface area contributed by atoms with E-state index in [9.17, 15) is 0 Å². The van der Waals surface area contributed by atoms with Crippen LogP contribution in [-0.2, 0) is 9.47 Å². The van der Waals surface area contributed by atoms with Crippen LogP contribution < -0.4 is 0 Å². The van der Waals surface area contributed by atoms with Crippen LogP contribution in [0.25, 0.3) is 0 Å². The number of epoxide rings is 1. The lowest BCUT2D eigenvalue weighted by atomic mass is 9.34. The predicted molar refractivity (Wildman–Crippen MR) is 69.8 cm³/mol. The zero-order valence-corrected chi connectivity index (χ0v) is 11.7. The molecule has 3 heteroatoms. The van der Waals surface area contributed by atoms with E-state index in [0.29, 0.717) is 29.3 Å². The van der Waals surface area contributed by atoms with Crippen molar-refractivity contribution in [1.29, 1.82) is 0 Å². The van der Waals surface area contributed by atoms with Crippen LogP contribution in [-0.4, -0.2) is 48.4 Å². The van der Waals surface area contributed by atoms with Crippen molar-refractivity contribution >= 4 is 0 Å². The maximum Gasteiger partial charge on any atom is 0.0975 e. The molecule has 3 nitrogen and oxygen atoms in total. The first-order chi connectivity index (χ1) is 9.28. The monoisotopic (exact) mass is 261 g/mol. The van der Waals surface area contributed by atoms with Gasteiger partial charge in [-0.25, -0.2) is 0 Å². The van der Waals surface area contributed by atoms with Gasteiger partial charge >= 0.3 is 0 Å². The number of rotatable bonds is 0. The Balaban J connectivity index is 1.61. The Morgan fingerprint density at radius 1 is 1.26 bits per heavy atom. The summed E-state index contributed by atoms with van der Waals surface area (Å²) in [6.07, 6.45) is 7.24. The van der Waals surface area contributed by atoms with Gasteiger partial charge in [-0.05, 0) is 44.1 Å². The number of piperidine rings is 2. The maximum absolute atomic E-state index is 6.26. The smallest absolute Gasteiger partial charge is 0.0975 e. The summed E-state index contributed by atoms with van der Waals surface area (Å²) in [4.78, 5) is 2.86. The van der Waals surface area contributed by atoms with Crippen molar-refractivity contribution in [3.63, 3.8) is 0 Å². The molecule has 2 bridgehead atoms. The van der Waals surface area contributed by atoms with Gasteiger partial charge in [-0.3, -0.25) is 4.90 Å². The van der Waals surface area contributed by atoms with Crippen molar-refractivity contribution in [3.8, 4) is 0 Å². The van der Waals surface area contributed by atoms with Gasteiger partial charge in [0.15, 0.2) is 0 Å². The quantitative estimate of drug-likeness (QED) is 0.620. The van der Waals surface area contributed by atoms with E-state index in [2.05, 4.69) is 11.8 Å². The van der Waals surface area contributed by atoms with Crippen molar-refractivity contribution < 1.29 is 9.47 Å². The molecule has 104 valence electrons. The lowest BCUT2D eigenvalue weighted by Gasteiger charge is -2.76. The molecule has 4 saturated heterocycles. The van der Waals surface area contributed by atoms with E-state index in [-0.39, 0.29) is 0 Å². The first-order valence-corrected chi connectivity index (χ1v) is 8.30. The average Bonchev–Trinajstić information content (AvgIpc) is 3.00. The molecule has 0 N–H and O–H groups in total. The van der Waals surface area contributed by atoms with Crippen molar-refractivity contribution in [2.24, 2.45) is 23.2 Å². The van der Waals surface area contributed by atoms with Crippen LogP contribution >= 0.6 is 0 Å². The molecule has 0 amide bonds. The Bertz CT molecular complexity index is 468. The highest BCUT2D eigenvalue weighted by atomic mass is 16.6. The minimum absolute atomic E-state index is 0.466.